The summed E-state index contributed by atoms with van der Waals surface area (Å²) in [5, 5.41) is 2.92. The summed E-state index contributed by atoms with van der Waals surface area (Å²) in [6.07, 6.45) is 0.627. The van der Waals surface area contributed by atoms with Crippen LogP contribution < -0.4 is 10.1 Å². The molecule has 0 aliphatic carbocycles. The van der Waals surface area contributed by atoms with Crippen LogP contribution in [0.3, 0.4) is 0 Å². The van der Waals surface area contributed by atoms with Gasteiger partial charge < -0.3 is 10.1 Å². The summed E-state index contributed by atoms with van der Waals surface area (Å²) in [5.41, 5.74) is 2.07. The maximum atomic E-state index is 12.0. The molecule has 4 heteroatoms. The van der Waals surface area contributed by atoms with E-state index in [1.807, 2.05) is 56.3 Å². The lowest BCUT2D eigenvalue weighted by Crippen LogP contribution is -2.12. The fourth-order valence-electron chi connectivity index (χ4n) is 2.07. The van der Waals surface area contributed by atoms with Gasteiger partial charge in [-0.05, 0) is 31.5 Å². The highest BCUT2D eigenvalue weighted by molar-refractivity contribution is 7.98. The highest BCUT2D eigenvalue weighted by Crippen LogP contribution is 2.19. The van der Waals surface area contributed by atoms with Crippen molar-refractivity contribution in [2.75, 3.05) is 11.1 Å². The van der Waals surface area contributed by atoms with Gasteiger partial charge in [-0.15, -0.1) is 0 Å². The zero-order valence-corrected chi connectivity index (χ0v) is 14.4. The van der Waals surface area contributed by atoms with Gasteiger partial charge in [-0.25, -0.2) is 0 Å². The minimum atomic E-state index is 0.0345. The van der Waals surface area contributed by atoms with Gasteiger partial charge in [0, 0.05) is 29.7 Å². The normalized spacial score (nSPS) is 10.6. The van der Waals surface area contributed by atoms with Gasteiger partial charge in [0.15, 0.2) is 0 Å². The third-order valence-corrected chi connectivity index (χ3v) is 4.10. The first-order chi connectivity index (χ1) is 11.1. The average molecular weight is 329 g/mol. The molecule has 0 heterocycles. The fourth-order valence-corrected chi connectivity index (χ4v) is 2.97. The predicted octanol–water partition coefficient (Wildman–Crippen LogP) is 4.74. The van der Waals surface area contributed by atoms with Crippen LogP contribution in [-0.4, -0.2) is 17.8 Å². The van der Waals surface area contributed by atoms with E-state index in [0.717, 1.165) is 22.9 Å². The van der Waals surface area contributed by atoms with Crippen LogP contribution in [0.15, 0.2) is 54.6 Å². The van der Waals surface area contributed by atoms with Crippen molar-refractivity contribution in [3.05, 3.63) is 60.2 Å². The standard InChI is InChI=1S/C19H23NO2S/c1-15(2)22-18-10-6-9-17(13-18)20-19(21)11-12-23-14-16-7-4-3-5-8-16/h3-10,13,15H,11-12,14H2,1-2H3,(H,20,21). The zero-order valence-electron chi connectivity index (χ0n) is 13.6. The predicted molar refractivity (Wildman–Crippen MR) is 98.1 cm³/mol. The van der Waals surface area contributed by atoms with E-state index in [1.165, 1.54) is 5.56 Å². The molecular formula is C19H23NO2S. The summed E-state index contributed by atoms with van der Waals surface area (Å²) in [6, 6.07) is 17.8. The summed E-state index contributed by atoms with van der Waals surface area (Å²) in [4.78, 5) is 12.0. The van der Waals surface area contributed by atoms with Crippen LogP contribution in [0.25, 0.3) is 0 Å². The lowest BCUT2D eigenvalue weighted by atomic mass is 10.2. The maximum absolute atomic E-state index is 12.0. The monoisotopic (exact) mass is 329 g/mol. The Labute approximate surface area is 142 Å². The Morgan fingerprint density at radius 1 is 1.13 bits per heavy atom. The number of carbonyl (C=O) groups is 1. The second-order valence-corrected chi connectivity index (χ2v) is 6.64. The Morgan fingerprint density at radius 3 is 2.65 bits per heavy atom. The Bertz CT molecular complexity index is 614. The van der Waals surface area contributed by atoms with Crippen LogP contribution in [0.5, 0.6) is 5.75 Å². The minimum Gasteiger partial charge on any atom is -0.491 e. The van der Waals surface area contributed by atoms with Gasteiger partial charge in [0.05, 0.1) is 6.10 Å². The van der Waals surface area contributed by atoms with E-state index in [4.69, 9.17) is 4.74 Å². The Balaban J connectivity index is 1.72. The highest BCUT2D eigenvalue weighted by Gasteiger charge is 2.04. The molecule has 23 heavy (non-hydrogen) atoms. The second kappa shape index (κ2) is 9.26. The van der Waals surface area contributed by atoms with E-state index >= 15 is 0 Å². The molecule has 2 rings (SSSR count). The third-order valence-electron chi connectivity index (χ3n) is 3.07. The van der Waals surface area contributed by atoms with Gasteiger partial charge in [-0.2, -0.15) is 11.8 Å². The lowest BCUT2D eigenvalue weighted by molar-refractivity contribution is -0.115. The number of anilines is 1. The van der Waals surface area contributed by atoms with Gasteiger partial charge in [-0.3, -0.25) is 4.79 Å². The van der Waals surface area contributed by atoms with Gasteiger partial charge in [0.1, 0.15) is 5.75 Å². The lowest BCUT2D eigenvalue weighted by Gasteiger charge is -2.11. The summed E-state index contributed by atoms with van der Waals surface area (Å²) in [6.45, 7) is 3.96. The van der Waals surface area contributed by atoms with E-state index < -0.39 is 0 Å². The van der Waals surface area contributed by atoms with Gasteiger partial charge in [0.2, 0.25) is 5.91 Å². The van der Waals surface area contributed by atoms with Crippen molar-refractivity contribution in [3.63, 3.8) is 0 Å². The first-order valence-corrected chi connectivity index (χ1v) is 8.97. The topological polar surface area (TPSA) is 38.3 Å². The van der Waals surface area contributed by atoms with Crippen molar-refractivity contribution >= 4 is 23.4 Å². The maximum Gasteiger partial charge on any atom is 0.225 e. The molecule has 2 aromatic carbocycles. The number of rotatable bonds is 8. The van der Waals surface area contributed by atoms with Crippen LogP contribution in [0, 0.1) is 0 Å². The van der Waals surface area contributed by atoms with Crippen LogP contribution in [-0.2, 0) is 10.5 Å². The average Bonchev–Trinajstić information content (AvgIpc) is 2.52. The number of hydrogen-bond donors (Lipinski definition) is 1. The molecule has 1 N–H and O–H groups in total. The quantitative estimate of drug-likeness (QED) is 0.711. The molecule has 2 aromatic rings. The first kappa shape index (κ1) is 17.4. The number of hydrogen-bond acceptors (Lipinski definition) is 3. The highest BCUT2D eigenvalue weighted by atomic mass is 32.2. The van der Waals surface area contributed by atoms with Gasteiger partial charge in [0.25, 0.3) is 0 Å². The summed E-state index contributed by atoms with van der Waals surface area (Å²) < 4.78 is 5.63. The SMILES string of the molecule is CC(C)Oc1cccc(NC(=O)CCSCc2ccccc2)c1. The minimum absolute atomic E-state index is 0.0345. The molecule has 1 amide bonds. The number of amides is 1. The molecule has 0 saturated heterocycles. The molecule has 0 aliphatic rings. The molecule has 0 saturated carbocycles. The largest absolute Gasteiger partial charge is 0.491 e. The molecule has 0 bridgehead atoms. The Morgan fingerprint density at radius 2 is 1.91 bits per heavy atom. The smallest absolute Gasteiger partial charge is 0.225 e. The van der Waals surface area contributed by atoms with E-state index in [2.05, 4.69) is 17.4 Å². The number of carbonyl (C=O) groups excluding carboxylic acids is 1. The van der Waals surface area contributed by atoms with Crippen LogP contribution >= 0.6 is 11.8 Å². The van der Waals surface area contributed by atoms with Crippen molar-refractivity contribution in [1.82, 2.24) is 0 Å². The summed E-state index contributed by atoms with van der Waals surface area (Å²) in [5.74, 6) is 2.55. The Hall–Kier alpha value is -1.94. The number of thioether (sulfide) groups is 1. The zero-order chi connectivity index (χ0) is 16.5. The number of ether oxygens (including phenoxy) is 1. The van der Waals surface area contributed by atoms with Gasteiger partial charge in [-0.1, -0.05) is 36.4 Å². The molecule has 0 atom stereocenters. The van der Waals surface area contributed by atoms with Crippen molar-refractivity contribution in [1.29, 1.82) is 0 Å². The summed E-state index contributed by atoms with van der Waals surface area (Å²) in [7, 11) is 0. The molecule has 0 unspecified atom stereocenters. The van der Waals surface area contributed by atoms with Crippen molar-refractivity contribution in [2.24, 2.45) is 0 Å². The van der Waals surface area contributed by atoms with Crippen LogP contribution in [0.1, 0.15) is 25.8 Å². The molecule has 0 fully saturated rings. The van der Waals surface area contributed by atoms with E-state index in [-0.39, 0.29) is 12.0 Å². The third kappa shape index (κ3) is 6.78. The van der Waals surface area contributed by atoms with E-state index in [0.29, 0.717) is 6.42 Å². The fraction of sp³-hybridized carbons (Fsp3) is 0.316. The number of nitrogens with one attached hydrogen (secondary N) is 1. The molecule has 0 spiro atoms. The van der Waals surface area contributed by atoms with Gasteiger partial charge >= 0.3 is 0 Å². The number of benzene rings is 2. The molecular weight excluding hydrogens is 306 g/mol. The molecule has 3 nitrogen and oxygen atoms in total. The Kier molecular flexibility index (Phi) is 7.01. The van der Waals surface area contributed by atoms with Crippen molar-refractivity contribution < 1.29 is 9.53 Å². The van der Waals surface area contributed by atoms with Crippen LogP contribution in [0.2, 0.25) is 0 Å². The molecule has 122 valence electrons. The summed E-state index contributed by atoms with van der Waals surface area (Å²) >= 11 is 1.77. The van der Waals surface area contributed by atoms with Crippen LogP contribution in [0.4, 0.5) is 5.69 Å². The first-order valence-electron chi connectivity index (χ1n) is 7.82. The van der Waals surface area contributed by atoms with Crippen molar-refractivity contribution in [2.45, 2.75) is 32.1 Å². The molecule has 0 aromatic heterocycles. The molecule has 0 radical (unpaired) electrons. The van der Waals surface area contributed by atoms with Crippen molar-refractivity contribution in [3.8, 4) is 5.75 Å². The second-order valence-electron chi connectivity index (χ2n) is 5.53. The molecule has 0 aliphatic heterocycles. The van der Waals surface area contributed by atoms with E-state index in [1.54, 1.807) is 11.8 Å². The van der Waals surface area contributed by atoms with E-state index in [9.17, 15) is 4.79 Å².